The van der Waals surface area contributed by atoms with Crippen molar-refractivity contribution in [2.75, 3.05) is 60.5 Å². The van der Waals surface area contributed by atoms with Crippen molar-refractivity contribution in [3.05, 3.63) is 109 Å². The maximum atomic E-state index is 14.4. The Balaban J connectivity index is 0.000000134. The fourth-order valence-electron chi connectivity index (χ4n) is 9.67. The molecule has 9 N–H and O–H groups in total. The van der Waals surface area contributed by atoms with Gasteiger partial charge in [-0.3, -0.25) is 15.3 Å². The van der Waals surface area contributed by atoms with E-state index in [4.69, 9.17) is 17.2 Å². The highest BCUT2D eigenvalue weighted by molar-refractivity contribution is 5.92. The van der Waals surface area contributed by atoms with Crippen LogP contribution < -0.4 is 31.9 Å². The van der Waals surface area contributed by atoms with Crippen LogP contribution in [0, 0.1) is 17.6 Å². The summed E-state index contributed by atoms with van der Waals surface area (Å²) < 4.78 is 69.4. The maximum absolute atomic E-state index is 14.4. The van der Waals surface area contributed by atoms with Gasteiger partial charge in [-0.25, -0.2) is 38.7 Å². The summed E-state index contributed by atoms with van der Waals surface area (Å²) in [5.41, 5.74) is 19.7. The summed E-state index contributed by atoms with van der Waals surface area (Å²) in [4.78, 5) is 32.1. The molecule has 0 aliphatic carbocycles. The van der Waals surface area contributed by atoms with Gasteiger partial charge in [0.05, 0.1) is 22.6 Å². The van der Waals surface area contributed by atoms with Crippen LogP contribution in [0.2, 0.25) is 0 Å². The van der Waals surface area contributed by atoms with Gasteiger partial charge in [0.25, 0.3) is 0 Å². The summed E-state index contributed by atoms with van der Waals surface area (Å²) in [6, 6.07) is 19.8. The third kappa shape index (κ3) is 9.56. The van der Waals surface area contributed by atoms with Crippen molar-refractivity contribution >= 4 is 50.6 Å². The summed E-state index contributed by atoms with van der Waals surface area (Å²) in [5.74, 6) is 1.73. The van der Waals surface area contributed by atoms with Crippen molar-refractivity contribution in [3.8, 4) is 34.2 Å². The molecule has 72 heavy (non-hydrogen) atoms. The molecule has 3 aliphatic rings. The first-order valence-corrected chi connectivity index (χ1v) is 23.7. The predicted octanol–water partition coefficient (Wildman–Crippen LogP) is 7.24. The largest absolute Gasteiger partial charge is 0.418 e. The van der Waals surface area contributed by atoms with Crippen LogP contribution in [0.5, 0.6) is 0 Å². The Labute approximate surface area is 410 Å². The Morgan fingerprint density at radius 1 is 0.542 bits per heavy atom. The normalized spacial score (nSPS) is 18.0. The number of halogens is 5. The number of H-pyrrole nitrogens is 3. The van der Waals surface area contributed by atoms with E-state index in [1.807, 2.05) is 17.0 Å². The molecule has 0 saturated carbocycles. The van der Waals surface area contributed by atoms with Crippen LogP contribution in [0.3, 0.4) is 0 Å². The van der Waals surface area contributed by atoms with E-state index in [1.165, 1.54) is 24.4 Å². The number of nitrogens with one attached hydrogen (secondary N) is 3. The SMILES string of the molecule is NC[C@@H]1CCCN1c1ccc(C(F)(F)F)c(-c2[nH]nc3ncccc23)n1.NC[C@@H]1CCCN1c1ccc(F)c(-c2[nH]nc3ncccc23)n1.NC[C@@H]1CCN(c2ccc(F)c(-c3[nH]nc4ncccc34)n2)C1.[HH]. The van der Waals surface area contributed by atoms with Crippen LogP contribution >= 0.6 is 0 Å². The van der Waals surface area contributed by atoms with E-state index in [0.717, 1.165) is 86.8 Å². The third-order valence-corrected chi connectivity index (χ3v) is 13.4. The Morgan fingerprint density at radius 3 is 1.44 bits per heavy atom. The zero-order valence-electron chi connectivity index (χ0n) is 38.9. The van der Waals surface area contributed by atoms with Crippen molar-refractivity contribution in [1.29, 1.82) is 0 Å². The van der Waals surface area contributed by atoms with Crippen LogP contribution in [0.4, 0.5) is 39.4 Å². The smallest absolute Gasteiger partial charge is 0.356 e. The number of hydrogen-bond acceptors (Lipinski definition) is 15. The minimum absolute atomic E-state index is 0. The Morgan fingerprint density at radius 2 is 0.986 bits per heavy atom. The molecule has 12 heterocycles. The first-order chi connectivity index (χ1) is 35.0. The number of alkyl halides is 3. The summed E-state index contributed by atoms with van der Waals surface area (Å²) in [5, 5.41) is 22.6. The molecule has 12 rings (SSSR count). The molecule has 9 aromatic heterocycles. The van der Waals surface area contributed by atoms with Gasteiger partial charge in [0.15, 0.2) is 28.6 Å². The molecular formula is C49H53F5N18. The topological polar surface area (TPSA) is 251 Å². The number of pyridine rings is 6. The van der Waals surface area contributed by atoms with E-state index < -0.39 is 11.7 Å². The number of aromatic nitrogens is 12. The van der Waals surface area contributed by atoms with Crippen molar-refractivity contribution in [1.82, 2.24) is 60.5 Å². The standard InChI is InChI=1S/C17H17F3N6.2C16H17FN6.H2/c18-17(19,20)12-5-6-13(26-8-2-3-10(26)9-21)23-15(12)14-11-4-1-7-22-16(11)25-24-14;17-12-5-6-13(23-8-2-3-10(23)9-18)20-15(12)14-11-4-1-7-19-16(11)22-21-14;17-12-3-4-13(23-7-5-10(8-18)9-23)20-15(12)14-11-2-1-6-19-16(11)22-21-14;/h1,4-7,10H,2-3,8-9,21H2,(H,22,24,25);1,4-7,10H,2-3,8-9,18H2,(H,19,21,22);1-4,6,10H,5,7-9,18H2,(H,19,21,22);1H/t3*10-;/m000./s1. The third-order valence-electron chi connectivity index (χ3n) is 13.4. The lowest BCUT2D eigenvalue weighted by atomic mass is 10.1. The van der Waals surface area contributed by atoms with Crippen molar-refractivity contribution in [2.24, 2.45) is 23.1 Å². The lowest BCUT2D eigenvalue weighted by Crippen LogP contribution is -2.36. The molecule has 0 bridgehead atoms. The van der Waals surface area contributed by atoms with E-state index in [9.17, 15) is 22.0 Å². The minimum atomic E-state index is -4.53. The molecule has 0 amide bonds. The highest BCUT2D eigenvalue weighted by atomic mass is 19.4. The van der Waals surface area contributed by atoms with Gasteiger partial charge in [-0.2, -0.15) is 28.5 Å². The van der Waals surface area contributed by atoms with Crippen molar-refractivity contribution in [3.63, 3.8) is 0 Å². The number of aromatic amines is 3. The molecule has 3 saturated heterocycles. The highest BCUT2D eigenvalue weighted by Crippen LogP contribution is 2.40. The summed E-state index contributed by atoms with van der Waals surface area (Å²) in [6.45, 7) is 5.06. The van der Waals surface area contributed by atoms with Crippen molar-refractivity contribution in [2.45, 2.75) is 50.4 Å². The van der Waals surface area contributed by atoms with Gasteiger partial charge < -0.3 is 31.9 Å². The van der Waals surface area contributed by atoms with Crippen LogP contribution in [0.15, 0.2) is 91.4 Å². The Hall–Kier alpha value is -7.76. The zero-order chi connectivity index (χ0) is 49.9. The van der Waals surface area contributed by atoms with Crippen LogP contribution in [0.25, 0.3) is 67.3 Å². The minimum Gasteiger partial charge on any atom is -0.356 e. The van der Waals surface area contributed by atoms with Crippen LogP contribution in [-0.4, -0.2) is 118 Å². The monoisotopic (exact) mass is 988 g/mol. The molecule has 3 aliphatic heterocycles. The van der Waals surface area contributed by atoms with Gasteiger partial charge in [-0.15, -0.1) is 0 Å². The molecule has 0 radical (unpaired) electrons. The molecule has 0 aromatic carbocycles. The number of anilines is 3. The van der Waals surface area contributed by atoms with Gasteiger partial charge >= 0.3 is 6.18 Å². The molecule has 0 spiro atoms. The van der Waals surface area contributed by atoms with Gasteiger partial charge in [0.2, 0.25) is 0 Å². The molecule has 18 nitrogen and oxygen atoms in total. The van der Waals surface area contributed by atoms with E-state index in [-0.39, 0.29) is 47.9 Å². The molecule has 23 heteroatoms. The van der Waals surface area contributed by atoms with E-state index in [2.05, 4.69) is 70.3 Å². The predicted molar refractivity (Wildman–Crippen MR) is 267 cm³/mol. The maximum Gasteiger partial charge on any atom is 0.418 e. The molecule has 0 unspecified atom stereocenters. The number of nitrogens with zero attached hydrogens (tertiary/aromatic N) is 12. The summed E-state index contributed by atoms with van der Waals surface area (Å²) in [7, 11) is 0. The van der Waals surface area contributed by atoms with Gasteiger partial charge in [0, 0.05) is 87.5 Å². The summed E-state index contributed by atoms with van der Waals surface area (Å²) in [6.07, 6.45) is 5.34. The van der Waals surface area contributed by atoms with E-state index >= 15 is 0 Å². The van der Waals surface area contributed by atoms with Gasteiger partial charge in [0.1, 0.15) is 34.5 Å². The molecule has 3 atom stereocenters. The summed E-state index contributed by atoms with van der Waals surface area (Å²) >= 11 is 0. The Bertz CT molecular complexity index is 3330. The zero-order valence-corrected chi connectivity index (χ0v) is 38.9. The molecule has 9 aromatic rings. The molecular weight excluding hydrogens is 936 g/mol. The fraction of sp³-hybridized carbons (Fsp3) is 0.327. The first-order valence-electron chi connectivity index (χ1n) is 23.7. The van der Waals surface area contributed by atoms with E-state index in [0.29, 0.717) is 65.1 Å². The lowest BCUT2D eigenvalue weighted by Gasteiger charge is -2.25. The number of hydrogen-bond donors (Lipinski definition) is 6. The van der Waals surface area contributed by atoms with Crippen LogP contribution in [0.1, 0.15) is 39.1 Å². The van der Waals surface area contributed by atoms with Gasteiger partial charge in [-0.1, -0.05) is 0 Å². The molecule has 374 valence electrons. The van der Waals surface area contributed by atoms with Gasteiger partial charge in [-0.05, 0) is 117 Å². The first kappa shape index (κ1) is 47.9. The van der Waals surface area contributed by atoms with E-state index in [1.54, 1.807) is 48.8 Å². The second kappa shape index (κ2) is 20.5. The second-order valence-corrected chi connectivity index (χ2v) is 17.8. The van der Waals surface area contributed by atoms with Crippen LogP contribution in [-0.2, 0) is 6.18 Å². The molecule has 3 fully saturated rings. The quantitative estimate of drug-likeness (QED) is 0.0780. The fourth-order valence-corrected chi connectivity index (χ4v) is 9.67. The number of fused-ring (bicyclic) bond motifs is 3. The van der Waals surface area contributed by atoms with Crippen molar-refractivity contribution < 1.29 is 23.4 Å². The Kier molecular flexibility index (Phi) is 13.7. The highest BCUT2D eigenvalue weighted by Gasteiger charge is 2.37. The number of nitrogens with two attached hydrogens (primary N) is 3. The second-order valence-electron chi connectivity index (χ2n) is 17.8. The average molecular weight is 989 g/mol. The lowest BCUT2D eigenvalue weighted by molar-refractivity contribution is -0.137. The average Bonchev–Trinajstić information content (AvgIpc) is 4.28. The number of rotatable bonds is 9.